The number of nitriles is 1. The van der Waals surface area contributed by atoms with Gasteiger partial charge in [0.2, 0.25) is 0 Å². The Morgan fingerprint density at radius 3 is 2.50 bits per heavy atom. The molecule has 0 aliphatic heterocycles. The van der Waals surface area contributed by atoms with Gasteiger partial charge in [-0.15, -0.1) is 0 Å². The van der Waals surface area contributed by atoms with Crippen molar-refractivity contribution in [3.05, 3.63) is 28.8 Å². The Hall–Kier alpha value is -1.41. The van der Waals surface area contributed by atoms with Crippen molar-refractivity contribution in [3.63, 3.8) is 0 Å². The molecule has 0 radical (unpaired) electrons. The second kappa shape index (κ2) is 5.96. The van der Waals surface area contributed by atoms with E-state index < -0.39 is 12.7 Å². The van der Waals surface area contributed by atoms with Gasteiger partial charge in [-0.05, 0) is 24.6 Å². The molecule has 18 heavy (non-hydrogen) atoms. The van der Waals surface area contributed by atoms with Gasteiger partial charge in [-0.3, -0.25) is 0 Å². The first-order valence-corrected chi connectivity index (χ1v) is 5.76. The third kappa shape index (κ3) is 4.11. The van der Waals surface area contributed by atoms with Gasteiger partial charge in [0.1, 0.15) is 12.6 Å². The summed E-state index contributed by atoms with van der Waals surface area (Å²) in [6.45, 7) is 1.05. The molecule has 1 aromatic carbocycles. The minimum absolute atomic E-state index is 0.165. The predicted molar refractivity (Wildman–Crippen MR) is 64.7 cm³/mol. The van der Waals surface area contributed by atoms with Gasteiger partial charge in [-0.1, -0.05) is 18.5 Å². The first-order chi connectivity index (χ1) is 8.37. The maximum atomic E-state index is 12.4. The highest BCUT2D eigenvalue weighted by Crippen LogP contribution is 2.26. The van der Waals surface area contributed by atoms with E-state index in [-0.39, 0.29) is 17.1 Å². The first-order valence-electron chi connectivity index (χ1n) is 5.38. The minimum Gasteiger partial charge on any atom is -0.363 e. The fraction of sp³-hybridized carbons (Fsp3) is 0.417. The number of benzene rings is 1. The summed E-state index contributed by atoms with van der Waals surface area (Å²) in [6, 6.07) is 6.16. The second-order valence-corrected chi connectivity index (χ2v) is 4.22. The molecule has 0 aliphatic carbocycles. The number of hydrogen-bond acceptors (Lipinski definition) is 2. The molecule has 0 saturated carbocycles. The van der Waals surface area contributed by atoms with Crippen molar-refractivity contribution in [2.24, 2.45) is 0 Å². The van der Waals surface area contributed by atoms with Crippen LogP contribution in [0.5, 0.6) is 0 Å². The third-order valence-corrected chi connectivity index (χ3v) is 2.61. The number of hydrogen-bond donors (Lipinski definition) is 0. The highest BCUT2D eigenvalue weighted by molar-refractivity contribution is 6.32. The van der Waals surface area contributed by atoms with E-state index in [9.17, 15) is 13.2 Å². The van der Waals surface area contributed by atoms with Crippen molar-refractivity contribution >= 4 is 17.3 Å². The van der Waals surface area contributed by atoms with Gasteiger partial charge >= 0.3 is 6.18 Å². The minimum atomic E-state index is -4.27. The van der Waals surface area contributed by atoms with Crippen molar-refractivity contribution in [2.75, 3.05) is 18.0 Å². The predicted octanol–water partition coefficient (Wildman–Crippen LogP) is 3.99. The third-order valence-electron chi connectivity index (χ3n) is 2.30. The zero-order valence-corrected chi connectivity index (χ0v) is 10.5. The molecule has 0 N–H and O–H groups in total. The summed E-state index contributed by atoms with van der Waals surface area (Å²) in [4.78, 5) is 1.20. The van der Waals surface area contributed by atoms with E-state index in [4.69, 9.17) is 16.9 Å². The molecule has 98 valence electrons. The normalized spacial score (nSPS) is 11.1. The molecule has 0 aromatic heterocycles. The van der Waals surface area contributed by atoms with Crippen LogP contribution < -0.4 is 4.90 Å². The molecule has 0 spiro atoms. The molecule has 0 saturated heterocycles. The van der Waals surface area contributed by atoms with Crippen molar-refractivity contribution in [1.29, 1.82) is 5.26 Å². The summed E-state index contributed by atoms with van der Waals surface area (Å²) < 4.78 is 37.3. The number of nitrogens with zero attached hydrogens (tertiary/aromatic N) is 2. The maximum Gasteiger partial charge on any atom is 0.405 e. The van der Waals surface area contributed by atoms with Crippen molar-refractivity contribution in [1.82, 2.24) is 0 Å². The lowest BCUT2D eigenvalue weighted by Crippen LogP contribution is -2.34. The molecule has 0 aliphatic rings. The van der Waals surface area contributed by atoms with Gasteiger partial charge in [-0.25, -0.2) is 0 Å². The van der Waals surface area contributed by atoms with Crippen molar-refractivity contribution < 1.29 is 13.2 Å². The van der Waals surface area contributed by atoms with Crippen LogP contribution in [0.25, 0.3) is 0 Å². The lowest BCUT2D eigenvalue weighted by atomic mass is 10.2. The van der Waals surface area contributed by atoms with Crippen LogP contribution in [0.15, 0.2) is 18.2 Å². The van der Waals surface area contributed by atoms with E-state index >= 15 is 0 Å². The number of anilines is 1. The molecule has 0 atom stereocenters. The van der Waals surface area contributed by atoms with Gasteiger partial charge < -0.3 is 4.90 Å². The van der Waals surface area contributed by atoms with Crippen LogP contribution in [0.1, 0.15) is 18.9 Å². The lowest BCUT2D eigenvalue weighted by Gasteiger charge is -2.25. The van der Waals surface area contributed by atoms with E-state index in [1.54, 1.807) is 6.92 Å². The van der Waals surface area contributed by atoms with E-state index in [1.165, 1.54) is 23.1 Å². The molecule has 0 heterocycles. The van der Waals surface area contributed by atoms with Gasteiger partial charge in [0.15, 0.2) is 0 Å². The van der Waals surface area contributed by atoms with Gasteiger partial charge in [0.25, 0.3) is 0 Å². The molecule has 0 fully saturated rings. The van der Waals surface area contributed by atoms with Crippen LogP contribution in [-0.2, 0) is 0 Å². The zero-order valence-electron chi connectivity index (χ0n) is 9.76. The van der Waals surface area contributed by atoms with E-state index in [0.29, 0.717) is 12.1 Å². The smallest absolute Gasteiger partial charge is 0.363 e. The molecule has 1 rings (SSSR count). The number of rotatable bonds is 4. The van der Waals surface area contributed by atoms with Gasteiger partial charge in [0, 0.05) is 12.2 Å². The van der Waals surface area contributed by atoms with Crippen LogP contribution >= 0.6 is 11.6 Å². The monoisotopic (exact) mass is 276 g/mol. The highest BCUT2D eigenvalue weighted by Gasteiger charge is 2.30. The average molecular weight is 277 g/mol. The Morgan fingerprint density at radius 1 is 1.39 bits per heavy atom. The topological polar surface area (TPSA) is 27.0 Å². The highest BCUT2D eigenvalue weighted by atomic mass is 35.5. The standard InChI is InChI=1S/C12H12ClF3N2/c1-2-5-18(8-12(14,15)16)10-4-3-9(7-17)11(13)6-10/h3-4,6H,2,5,8H2,1H3. The van der Waals surface area contributed by atoms with Crippen molar-refractivity contribution in [3.8, 4) is 6.07 Å². The van der Waals surface area contributed by atoms with Crippen LogP contribution in [0, 0.1) is 11.3 Å². The number of alkyl halides is 3. The Kier molecular flexibility index (Phi) is 4.85. The fourth-order valence-corrected chi connectivity index (χ4v) is 1.79. The molecular formula is C12H12ClF3N2. The van der Waals surface area contributed by atoms with E-state index in [0.717, 1.165) is 0 Å². The summed E-state index contributed by atoms with van der Waals surface area (Å²) in [7, 11) is 0. The largest absolute Gasteiger partial charge is 0.405 e. The summed E-state index contributed by atoms with van der Waals surface area (Å²) in [5, 5.41) is 8.87. The summed E-state index contributed by atoms with van der Waals surface area (Å²) >= 11 is 5.81. The van der Waals surface area contributed by atoms with Crippen LogP contribution in [0.2, 0.25) is 5.02 Å². The summed E-state index contributed by atoms with van der Waals surface area (Å²) in [6.07, 6.45) is -3.68. The Morgan fingerprint density at radius 2 is 2.06 bits per heavy atom. The Bertz CT molecular complexity index is 452. The molecule has 0 unspecified atom stereocenters. The van der Waals surface area contributed by atoms with Crippen LogP contribution in [0.3, 0.4) is 0 Å². The number of halogens is 4. The summed E-state index contributed by atoms with van der Waals surface area (Å²) in [5.41, 5.74) is 0.627. The maximum absolute atomic E-state index is 12.4. The average Bonchev–Trinajstić information content (AvgIpc) is 2.26. The zero-order chi connectivity index (χ0) is 13.8. The van der Waals surface area contributed by atoms with Crippen LogP contribution in [0.4, 0.5) is 18.9 Å². The Balaban J connectivity index is 2.99. The Labute approximate surface area is 109 Å². The molecule has 1 aromatic rings. The molecular weight excluding hydrogens is 265 g/mol. The molecule has 6 heteroatoms. The van der Waals surface area contributed by atoms with Gasteiger partial charge in [0.05, 0.1) is 10.6 Å². The quantitative estimate of drug-likeness (QED) is 0.831. The lowest BCUT2D eigenvalue weighted by molar-refractivity contribution is -0.119. The molecule has 0 bridgehead atoms. The summed E-state index contributed by atoms with van der Waals surface area (Å²) in [5.74, 6) is 0. The second-order valence-electron chi connectivity index (χ2n) is 3.81. The molecule has 0 amide bonds. The van der Waals surface area contributed by atoms with Crippen molar-refractivity contribution in [2.45, 2.75) is 19.5 Å². The van der Waals surface area contributed by atoms with E-state index in [1.807, 2.05) is 6.07 Å². The van der Waals surface area contributed by atoms with E-state index in [2.05, 4.69) is 0 Å². The van der Waals surface area contributed by atoms with Crippen LogP contribution in [-0.4, -0.2) is 19.3 Å². The van der Waals surface area contributed by atoms with Gasteiger partial charge in [-0.2, -0.15) is 18.4 Å². The first kappa shape index (κ1) is 14.7. The SMILES string of the molecule is CCCN(CC(F)(F)F)c1ccc(C#N)c(Cl)c1. The fourth-order valence-electron chi connectivity index (χ4n) is 1.58. The molecule has 2 nitrogen and oxygen atoms in total.